The second-order valence-corrected chi connectivity index (χ2v) is 6.93. The second kappa shape index (κ2) is 5.71. The summed E-state index contributed by atoms with van der Waals surface area (Å²) >= 11 is 0. The summed E-state index contributed by atoms with van der Waals surface area (Å²) in [7, 11) is -2.98. The maximum absolute atomic E-state index is 11.2. The lowest BCUT2D eigenvalue weighted by atomic mass is 10.0. The van der Waals surface area contributed by atoms with E-state index in [1.54, 1.807) is 6.92 Å². The van der Waals surface area contributed by atoms with Gasteiger partial charge in [0.25, 0.3) is 0 Å². The highest BCUT2D eigenvalue weighted by Gasteiger charge is 2.21. The van der Waals surface area contributed by atoms with Gasteiger partial charge in [0.15, 0.2) is 9.84 Å². The molecule has 3 nitrogen and oxygen atoms in total. The van der Waals surface area contributed by atoms with Gasteiger partial charge in [0.05, 0.1) is 5.25 Å². The lowest BCUT2D eigenvalue weighted by Gasteiger charge is -2.18. The smallest absolute Gasteiger partial charge is 0.151 e. The van der Waals surface area contributed by atoms with Gasteiger partial charge in [-0.05, 0) is 19.3 Å². The lowest BCUT2D eigenvalue weighted by molar-refractivity contribution is 0.485. The van der Waals surface area contributed by atoms with Crippen molar-refractivity contribution in [2.45, 2.75) is 51.3 Å². The van der Waals surface area contributed by atoms with E-state index in [0.717, 1.165) is 19.3 Å². The molecular weight excluding hydrogens is 198 g/mol. The molecule has 0 heterocycles. The zero-order chi connectivity index (χ0) is 11.4. The van der Waals surface area contributed by atoms with Crippen molar-refractivity contribution in [3.8, 4) is 0 Å². The van der Waals surface area contributed by atoms with Crippen LogP contribution in [0.25, 0.3) is 0 Å². The fraction of sp³-hybridized carbons (Fsp3) is 1.00. The molecule has 4 heteroatoms. The lowest BCUT2D eigenvalue weighted by Crippen LogP contribution is -2.37. The summed E-state index contributed by atoms with van der Waals surface area (Å²) in [5.41, 5.74) is 5.81. The summed E-state index contributed by atoms with van der Waals surface area (Å²) in [4.78, 5) is 0. The van der Waals surface area contributed by atoms with Crippen LogP contribution in [0.5, 0.6) is 0 Å². The van der Waals surface area contributed by atoms with Gasteiger partial charge in [0.1, 0.15) is 0 Å². The third-order valence-corrected chi connectivity index (χ3v) is 4.30. The first-order chi connectivity index (χ1) is 6.25. The Morgan fingerprint density at radius 3 is 2.00 bits per heavy atom. The van der Waals surface area contributed by atoms with Gasteiger partial charge in [-0.1, -0.05) is 26.7 Å². The molecule has 0 aliphatic rings. The number of hydrogen-bond donors (Lipinski definition) is 1. The van der Waals surface area contributed by atoms with Gasteiger partial charge >= 0.3 is 0 Å². The summed E-state index contributed by atoms with van der Waals surface area (Å²) in [5.74, 6) is 0.663. The zero-order valence-electron chi connectivity index (χ0n) is 9.66. The predicted octanol–water partition coefficient (Wildman–Crippen LogP) is 1.57. The maximum Gasteiger partial charge on any atom is 0.151 e. The molecule has 0 aromatic rings. The van der Waals surface area contributed by atoms with E-state index in [1.807, 2.05) is 0 Å². The molecule has 0 aliphatic carbocycles. The fourth-order valence-electron chi connectivity index (χ4n) is 1.31. The van der Waals surface area contributed by atoms with Crippen molar-refractivity contribution in [3.05, 3.63) is 0 Å². The SMILES string of the molecule is CC(C)CCCC(N)C(C)S(C)(=O)=O. The number of nitrogens with two attached hydrogens (primary N) is 1. The third kappa shape index (κ3) is 5.60. The largest absolute Gasteiger partial charge is 0.327 e. The molecule has 14 heavy (non-hydrogen) atoms. The highest BCUT2D eigenvalue weighted by atomic mass is 32.2. The minimum atomic E-state index is -2.98. The van der Waals surface area contributed by atoms with Gasteiger partial charge < -0.3 is 5.73 Å². The monoisotopic (exact) mass is 221 g/mol. The molecule has 2 atom stereocenters. The minimum Gasteiger partial charge on any atom is -0.327 e. The van der Waals surface area contributed by atoms with Crippen LogP contribution in [0.2, 0.25) is 0 Å². The summed E-state index contributed by atoms with van der Waals surface area (Å²) in [5, 5.41) is -0.422. The maximum atomic E-state index is 11.2. The molecule has 0 spiro atoms. The molecule has 0 amide bonds. The Bertz CT molecular complexity index is 247. The van der Waals surface area contributed by atoms with E-state index >= 15 is 0 Å². The Labute approximate surface area is 88.0 Å². The van der Waals surface area contributed by atoms with Crippen LogP contribution < -0.4 is 5.73 Å². The van der Waals surface area contributed by atoms with Crippen molar-refractivity contribution in [1.29, 1.82) is 0 Å². The molecular formula is C10H23NO2S. The minimum absolute atomic E-state index is 0.219. The van der Waals surface area contributed by atoms with Crippen LogP contribution in [0.1, 0.15) is 40.0 Å². The predicted molar refractivity (Wildman–Crippen MR) is 61.0 cm³/mol. The molecule has 0 radical (unpaired) electrons. The second-order valence-electron chi connectivity index (χ2n) is 4.52. The first-order valence-electron chi connectivity index (χ1n) is 5.19. The normalized spacial score (nSPS) is 17.0. The van der Waals surface area contributed by atoms with Gasteiger partial charge in [-0.15, -0.1) is 0 Å². The van der Waals surface area contributed by atoms with Crippen LogP contribution in [0, 0.1) is 5.92 Å². The summed E-state index contributed by atoms with van der Waals surface area (Å²) in [6, 6.07) is -0.219. The van der Waals surface area contributed by atoms with Crippen LogP contribution in [0.3, 0.4) is 0 Å². The van der Waals surface area contributed by atoms with Crippen LogP contribution in [-0.2, 0) is 9.84 Å². The summed E-state index contributed by atoms with van der Waals surface area (Å²) in [6.07, 6.45) is 4.18. The molecule has 0 aliphatic heterocycles. The molecule has 0 aromatic heterocycles. The van der Waals surface area contributed by atoms with Crippen molar-refractivity contribution in [2.75, 3.05) is 6.26 Å². The van der Waals surface area contributed by atoms with Gasteiger partial charge in [0.2, 0.25) is 0 Å². The van der Waals surface area contributed by atoms with E-state index < -0.39 is 15.1 Å². The Morgan fingerprint density at radius 2 is 1.64 bits per heavy atom. The van der Waals surface area contributed by atoms with Gasteiger partial charge in [0, 0.05) is 12.3 Å². The third-order valence-electron chi connectivity index (χ3n) is 2.60. The highest BCUT2D eigenvalue weighted by Crippen LogP contribution is 2.12. The van der Waals surface area contributed by atoms with Crippen LogP contribution in [-0.4, -0.2) is 26.0 Å². The van der Waals surface area contributed by atoms with Crippen molar-refractivity contribution < 1.29 is 8.42 Å². The van der Waals surface area contributed by atoms with Crippen LogP contribution in [0.4, 0.5) is 0 Å². The Kier molecular flexibility index (Phi) is 5.67. The zero-order valence-corrected chi connectivity index (χ0v) is 10.5. The first-order valence-corrected chi connectivity index (χ1v) is 7.15. The Morgan fingerprint density at radius 1 is 1.14 bits per heavy atom. The van der Waals surface area contributed by atoms with Crippen molar-refractivity contribution in [2.24, 2.45) is 11.7 Å². The van der Waals surface area contributed by atoms with E-state index in [0.29, 0.717) is 5.92 Å². The summed E-state index contributed by atoms with van der Waals surface area (Å²) in [6.45, 7) is 6.01. The van der Waals surface area contributed by atoms with E-state index in [9.17, 15) is 8.42 Å². The first kappa shape index (κ1) is 13.9. The number of hydrogen-bond acceptors (Lipinski definition) is 3. The van der Waals surface area contributed by atoms with E-state index in [2.05, 4.69) is 13.8 Å². The highest BCUT2D eigenvalue weighted by molar-refractivity contribution is 7.91. The van der Waals surface area contributed by atoms with Crippen molar-refractivity contribution in [3.63, 3.8) is 0 Å². The standard InChI is InChI=1S/C10H23NO2S/c1-8(2)6-5-7-10(11)9(3)14(4,12)13/h8-10H,5-7,11H2,1-4H3. The van der Waals surface area contributed by atoms with Crippen LogP contribution in [0.15, 0.2) is 0 Å². The quantitative estimate of drug-likeness (QED) is 0.740. The summed E-state index contributed by atoms with van der Waals surface area (Å²) < 4.78 is 22.4. The number of rotatable bonds is 6. The molecule has 0 bridgehead atoms. The molecule has 86 valence electrons. The van der Waals surface area contributed by atoms with Crippen molar-refractivity contribution in [1.82, 2.24) is 0 Å². The molecule has 0 saturated heterocycles. The van der Waals surface area contributed by atoms with Crippen molar-refractivity contribution >= 4 is 9.84 Å². The molecule has 0 aromatic carbocycles. The molecule has 0 fully saturated rings. The Balaban J connectivity index is 3.91. The topological polar surface area (TPSA) is 60.2 Å². The number of sulfone groups is 1. The molecule has 2 unspecified atom stereocenters. The fourth-order valence-corrected chi connectivity index (χ4v) is 2.09. The van der Waals surface area contributed by atoms with E-state index in [1.165, 1.54) is 6.26 Å². The van der Waals surface area contributed by atoms with Gasteiger partial charge in [-0.25, -0.2) is 8.42 Å². The molecule has 0 saturated carbocycles. The van der Waals surface area contributed by atoms with E-state index in [-0.39, 0.29) is 6.04 Å². The van der Waals surface area contributed by atoms with Crippen LogP contribution >= 0.6 is 0 Å². The molecule has 2 N–H and O–H groups in total. The average Bonchev–Trinajstić information content (AvgIpc) is 2.00. The average molecular weight is 221 g/mol. The van der Waals surface area contributed by atoms with E-state index in [4.69, 9.17) is 5.73 Å². The van der Waals surface area contributed by atoms with Gasteiger partial charge in [-0.2, -0.15) is 0 Å². The Hall–Kier alpha value is -0.0900. The van der Waals surface area contributed by atoms with Gasteiger partial charge in [-0.3, -0.25) is 0 Å². The molecule has 0 rings (SSSR count).